The van der Waals surface area contributed by atoms with E-state index in [1.54, 1.807) is 0 Å². The van der Waals surface area contributed by atoms with Gasteiger partial charge in [-0.1, -0.05) is 18.6 Å². The molecule has 1 N–H and O–H groups in total. The Bertz CT molecular complexity index is 603. The highest BCUT2D eigenvalue weighted by Gasteiger charge is 2.16. The maximum Gasteiger partial charge on any atom is 0.278 e. The van der Waals surface area contributed by atoms with Crippen LogP contribution in [0, 0.1) is 0 Å². The third-order valence-electron chi connectivity index (χ3n) is 3.62. The lowest BCUT2D eigenvalue weighted by atomic mass is 10.1. The maximum atomic E-state index is 5.88. The minimum absolute atomic E-state index is 0. The molecule has 1 aliphatic heterocycles. The Balaban J connectivity index is 0.00000176. The molecule has 6 heteroatoms. The van der Waals surface area contributed by atoms with Crippen molar-refractivity contribution in [2.45, 2.75) is 32.2 Å². The van der Waals surface area contributed by atoms with Gasteiger partial charge in [0.05, 0.1) is 17.6 Å². The van der Waals surface area contributed by atoms with Crippen molar-refractivity contribution in [2.75, 3.05) is 19.8 Å². The number of fused-ring (bicyclic) bond motifs is 1. The molecule has 1 unspecified atom stereocenters. The predicted octanol–water partition coefficient (Wildman–Crippen LogP) is 2.97. The highest BCUT2D eigenvalue weighted by atomic mass is 35.5. The number of ether oxygens (including phenoxy) is 2. The van der Waals surface area contributed by atoms with E-state index in [-0.39, 0.29) is 12.4 Å². The van der Waals surface area contributed by atoms with Gasteiger partial charge < -0.3 is 14.8 Å². The van der Waals surface area contributed by atoms with Crippen LogP contribution in [-0.4, -0.2) is 35.8 Å². The SMILES string of the molecule is CCOc1nc2ccccc2nc1OCC1CCCCN1.Cl. The molecule has 1 aromatic heterocycles. The minimum Gasteiger partial charge on any atom is -0.474 e. The number of nitrogens with one attached hydrogen (secondary N) is 1. The van der Waals surface area contributed by atoms with Gasteiger partial charge in [-0.25, -0.2) is 9.97 Å². The molecule has 5 nitrogen and oxygen atoms in total. The summed E-state index contributed by atoms with van der Waals surface area (Å²) < 4.78 is 11.4. The van der Waals surface area contributed by atoms with E-state index in [4.69, 9.17) is 9.47 Å². The fourth-order valence-corrected chi connectivity index (χ4v) is 2.54. The molecule has 0 amide bonds. The molecular formula is C16H22ClN3O2. The molecule has 0 aliphatic carbocycles. The molecular weight excluding hydrogens is 302 g/mol. The average molecular weight is 324 g/mol. The number of nitrogens with zero attached hydrogens (tertiary/aromatic N) is 2. The lowest BCUT2D eigenvalue weighted by Gasteiger charge is -2.23. The zero-order valence-corrected chi connectivity index (χ0v) is 13.6. The van der Waals surface area contributed by atoms with Crippen molar-refractivity contribution in [2.24, 2.45) is 0 Å². The van der Waals surface area contributed by atoms with E-state index in [1.165, 1.54) is 12.8 Å². The first-order valence-corrected chi connectivity index (χ1v) is 7.62. The van der Waals surface area contributed by atoms with E-state index in [2.05, 4.69) is 15.3 Å². The Morgan fingerprint density at radius 3 is 2.36 bits per heavy atom. The normalized spacial score (nSPS) is 17.8. The van der Waals surface area contributed by atoms with Crippen molar-refractivity contribution >= 4 is 23.4 Å². The standard InChI is InChI=1S/C16H21N3O2.ClH/c1-2-20-15-16(21-11-12-7-5-6-10-17-12)19-14-9-4-3-8-13(14)18-15;/h3-4,8-9,12,17H,2,5-7,10-11H2,1H3;1H. The number of benzene rings is 1. The van der Waals surface area contributed by atoms with Crippen molar-refractivity contribution < 1.29 is 9.47 Å². The van der Waals surface area contributed by atoms with Crippen LogP contribution in [0.5, 0.6) is 11.8 Å². The summed E-state index contributed by atoms with van der Waals surface area (Å²) in [5.74, 6) is 0.968. The fourth-order valence-electron chi connectivity index (χ4n) is 2.54. The fraction of sp³-hybridized carbons (Fsp3) is 0.500. The second kappa shape index (κ2) is 8.15. The summed E-state index contributed by atoms with van der Waals surface area (Å²) in [4.78, 5) is 9.04. The molecule has 120 valence electrons. The quantitative estimate of drug-likeness (QED) is 0.916. The van der Waals surface area contributed by atoms with E-state index in [9.17, 15) is 0 Å². The molecule has 1 atom stereocenters. The number of piperidine rings is 1. The number of halogens is 1. The van der Waals surface area contributed by atoms with E-state index in [0.29, 0.717) is 31.0 Å². The summed E-state index contributed by atoms with van der Waals surface area (Å²) >= 11 is 0. The predicted molar refractivity (Wildman–Crippen MR) is 89.1 cm³/mol. The number of hydrogen-bond donors (Lipinski definition) is 1. The second-order valence-corrected chi connectivity index (χ2v) is 5.21. The molecule has 1 saturated heterocycles. The zero-order chi connectivity index (χ0) is 14.5. The summed E-state index contributed by atoms with van der Waals surface area (Å²) in [6, 6.07) is 8.14. The van der Waals surface area contributed by atoms with Gasteiger partial charge in [0.1, 0.15) is 6.61 Å². The smallest absolute Gasteiger partial charge is 0.278 e. The molecule has 0 spiro atoms. The number of rotatable bonds is 5. The minimum atomic E-state index is 0. The molecule has 2 heterocycles. The van der Waals surface area contributed by atoms with Crippen LogP contribution in [0.25, 0.3) is 11.0 Å². The van der Waals surface area contributed by atoms with Crippen LogP contribution in [0.3, 0.4) is 0 Å². The van der Waals surface area contributed by atoms with Gasteiger partial charge in [0.15, 0.2) is 0 Å². The van der Waals surface area contributed by atoms with Crippen molar-refractivity contribution in [3.05, 3.63) is 24.3 Å². The van der Waals surface area contributed by atoms with Crippen LogP contribution < -0.4 is 14.8 Å². The van der Waals surface area contributed by atoms with Gasteiger partial charge in [-0.3, -0.25) is 0 Å². The van der Waals surface area contributed by atoms with Crippen LogP contribution in [0.2, 0.25) is 0 Å². The summed E-state index contributed by atoms with van der Waals surface area (Å²) in [5.41, 5.74) is 1.65. The van der Waals surface area contributed by atoms with Gasteiger partial charge in [-0.05, 0) is 38.4 Å². The highest BCUT2D eigenvalue weighted by Crippen LogP contribution is 2.26. The van der Waals surface area contributed by atoms with E-state index in [0.717, 1.165) is 24.0 Å². The third-order valence-corrected chi connectivity index (χ3v) is 3.62. The lowest BCUT2D eigenvalue weighted by molar-refractivity contribution is 0.215. The average Bonchev–Trinajstić information content (AvgIpc) is 2.54. The van der Waals surface area contributed by atoms with E-state index < -0.39 is 0 Å². The molecule has 3 rings (SSSR count). The summed E-state index contributed by atoms with van der Waals surface area (Å²) in [6.45, 7) is 4.15. The van der Waals surface area contributed by atoms with Gasteiger partial charge in [0.2, 0.25) is 0 Å². The van der Waals surface area contributed by atoms with Crippen molar-refractivity contribution in [3.63, 3.8) is 0 Å². The van der Waals surface area contributed by atoms with Crippen LogP contribution in [0.1, 0.15) is 26.2 Å². The van der Waals surface area contributed by atoms with Crippen LogP contribution in [-0.2, 0) is 0 Å². The Kier molecular flexibility index (Phi) is 6.21. The number of hydrogen-bond acceptors (Lipinski definition) is 5. The Labute approximate surface area is 136 Å². The van der Waals surface area contributed by atoms with Gasteiger partial charge >= 0.3 is 0 Å². The molecule has 1 aromatic carbocycles. The topological polar surface area (TPSA) is 56.3 Å². The largest absolute Gasteiger partial charge is 0.474 e. The second-order valence-electron chi connectivity index (χ2n) is 5.21. The zero-order valence-electron chi connectivity index (χ0n) is 12.7. The first kappa shape index (κ1) is 16.8. The molecule has 0 bridgehead atoms. The molecule has 22 heavy (non-hydrogen) atoms. The first-order valence-electron chi connectivity index (χ1n) is 7.62. The Morgan fingerprint density at radius 1 is 1.09 bits per heavy atom. The molecule has 1 aliphatic rings. The van der Waals surface area contributed by atoms with Gasteiger partial charge in [0.25, 0.3) is 11.8 Å². The van der Waals surface area contributed by atoms with Crippen LogP contribution >= 0.6 is 12.4 Å². The van der Waals surface area contributed by atoms with Crippen molar-refractivity contribution in [1.29, 1.82) is 0 Å². The third kappa shape index (κ3) is 3.99. The Hall–Kier alpha value is -1.59. The summed E-state index contributed by atoms with van der Waals surface area (Å²) in [5, 5.41) is 3.46. The Morgan fingerprint density at radius 2 is 1.77 bits per heavy atom. The first-order chi connectivity index (χ1) is 10.4. The molecule has 0 saturated carbocycles. The van der Waals surface area contributed by atoms with Gasteiger partial charge in [0, 0.05) is 6.04 Å². The van der Waals surface area contributed by atoms with Crippen molar-refractivity contribution in [3.8, 4) is 11.8 Å². The van der Waals surface area contributed by atoms with E-state index >= 15 is 0 Å². The highest BCUT2D eigenvalue weighted by molar-refractivity contribution is 5.85. The van der Waals surface area contributed by atoms with Crippen LogP contribution in [0.15, 0.2) is 24.3 Å². The number of para-hydroxylation sites is 2. The van der Waals surface area contributed by atoms with Gasteiger partial charge in [-0.15, -0.1) is 12.4 Å². The van der Waals surface area contributed by atoms with Crippen molar-refractivity contribution in [1.82, 2.24) is 15.3 Å². The molecule has 0 radical (unpaired) electrons. The lowest BCUT2D eigenvalue weighted by Crippen LogP contribution is -2.38. The summed E-state index contributed by atoms with van der Waals surface area (Å²) in [7, 11) is 0. The molecule has 1 fully saturated rings. The van der Waals surface area contributed by atoms with Gasteiger partial charge in [-0.2, -0.15) is 0 Å². The monoisotopic (exact) mass is 323 g/mol. The molecule has 2 aromatic rings. The summed E-state index contributed by atoms with van der Waals surface area (Å²) in [6.07, 6.45) is 3.64. The van der Waals surface area contributed by atoms with Crippen LogP contribution in [0.4, 0.5) is 0 Å². The maximum absolute atomic E-state index is 5.88. The van der Waals surface area contributed by atoms with E-state index in [1.807, 2.05) is 31.2 Å². The number of aromatic nitrogens is 2.